The van der Waals surface area contributed by atoms with Crippen LogP contribution < -0.4 is 5.32 Å². The highest BCUT2D eigenvalue weighted by molar-refractivity contribution is 6.31. The Hall–Kier alpha value is -1.66. The van der Waals surface area contributed by atoms with E-state index >= 15 is 0 Å². The fraction of sp³-hybridized carbons (Fsp3) is 0.435. The maximum Gasteiger partial charge on any atom is 0.224 e. The van der Waals surface area contributed by atoms with Crippen LogP contribution in [0.25, 0.3) is 11.1 Å². The molecule has 0 atom stereocenters. The third-order valence-corrected chi connectivity index (χ3v) is 6.50. The molecule has 1 fully saturated rings. The van der Waals surface area contributed by atoms with Crippen molar-refractivity contribution in [1.29, 1.82) is 0 Å². The van der Waals surface area contributed by atoms with E-state index in [0.29, 0.717) is 41.5 Å². The monoisotopic (exact) mass is 453 g/mol. The van der Waals surface area contributed by atoms with E-state index in [0.717, 1.165) is 18.4 Å². The molecule has 30 heavy (non-hydrogen) atoms. The molecular formula is C23H26Cl2FNO3. The van der Waals surface area contributed by atoms with Gasteiger partial charge in [0.15, 0.2) is 0 Å². The van der Waals surface area contributed by atoms with Crippen molar-refractivity contribution in [3.63, 3.8) is 0 Å². The second kappa shape index (κ2) is 10.1. The van der Waals surface area contributed by atoms with Crippen LogP contribution in [0.3, 0.4) is 0 Å². The van der Waals surface area contributed by atoms with Crippen LogP contribution in [0.15, 0.2) is 36.4 Å². The van der Waals surface area contributed by atoms with Gasteiger partial charge in [-0.15, -0.1) is 0 Å². The molecular weight excluding hydrogens is 428 g/mol. The topological polar surface area (TPSA) is 58.6 Å². The van der Waals surface area contributed by atoms with Gasteiger partial charge in [0.2, 0.25) is 5.91 Å². The van der Waals surface area contributed by atoms with Crippen molar-refractivity contribution < 1.29 is 19.0 Å². The number of methoxy groups -OCH3 is 1. The Morgan fingerprint density at radius 1 is 1.17 bits per heavy atom. The fourth-order valence-electron chi connectivity index (χ4n) is 4.03. The first kappa shape index (κ1) is 23.0. The SMILES string of the molecule is COCC1CCC(CO)(NC(=O)Cc2cc(-c3ccc(Cl)c(F)c3)ccc2Cl)CC1. The molecule has 0 heterocycles. The van der Waals surface area contributed by atoms with Crippen LogP contribution in [-0.4, -0.2) is 36.9 Å². The maximum absolute atomic E-state index is 13.8. The van der Waals surface area contributed by atoms with Crippen LogP contribution in [0.1, 0.15) is 31.2 Å². The van der Waals surface area contributed by atoms with E-state index in [2.05, 4.69) is 5.32 Å². The van der Waals surface area contributed by atoms with Gasteiger partial charge in [0, 0.05) is 18.7 Å². The van der Waals surface area contributed by atoms with Crippen LogP contribution in [0.2, 0.25) is 10.0 Å². The molecule has 1 aliphatic carbocycles. The summed E-state index contributed by atoms with van der Waals surface area (Å²) in [5.74, 6) is -0.245. The van der Waals surface area contributed by atoms with E-state index in [4.69, 9.17) is 27.9 Å². The lowest BCUT2D eigenvalue weighted by molar-refractivity contribution is -0.123. The van der Waals surface area contributed by atoms with Gasteiger partial charge in [0.05, 0.1) is 23.6 Å². The largest absolute Gasteiger partial charge is 0.394 e. The summed E-state index contributed by atoms with van der Waals surface area (Å²) in [7, 11) is 1.69. The Labute approximate surface area is 186 Å². The minimum absolute atomic E-state index is 0.0573. The number of benzene rings is 2. The maximum atomic E-state index is 13.8. The number of nitrogens with one attached hydrogen (secondary N) is 1. The number of carbonyl (C=O) groups is 1. The number of carbonyl (C=O) groups excluding carboxylic acids is 1. The molecule has 1 aliphatic rings. The van der Waals surface area contributed by atoms with E-state index in [1.165, 1.54) is 12.1 Å². The molecule has 0 aliphatic heterocycles. The number of aliphatic hydroxyl groups excluding tert-OH is 1. The highest BCUT2D eigenvalue weighted by atomic mass is 35.5. The molecule has 0 spiro atoms. The predicted octanol–water partition coefficient (Wildman–Crippen LogP) is 5.03. The smallest absolute Gasteiger partial charge is 0.224 e. The zero-order valence-electron chi connectivity index (χ0n) is 16.9. The molecule has 0 radical (unpaired) electrons. The number of aliphatic hydroxyl groups is 1. The second-order valence-corrected chi connectivity index (χ2v) is 8.81. The highest BCUT2D eigenvalue weighted by Crippen LogP contribution is 2.33. The first-order valence-electron chi connectivity index (χ1n) is 10.0. The first-order valence-corrected chi connectivity index (χ1v) is 10.8. The van der Waals surface area contributed by atoms with Crippen molar-refractivity contribution in [3.8, 4) is 11.1 Å². The van der Waals surface area contributed by atoms with Crippen molar-refractivity contribution in [3.05, 3.63) is 57.8 Å². The van der Waals surface area contributed by atoms with Crippen molar-refractivity contribution >= 4 is 29.1 Å². The third kappa shape index (κ3) is 5.52. The van der Waals surface area contributed by atoms with Crippen LogP contribution in [0, 0.1) is 11.7 Å². The van der Waals surface area contributed by atoms with Crippen LogP contribution in [0.5, 0.6) is 0 Å². The third-order valence-electron chi connectivity index (χ3n) is 5.82. The van der Waals surface area contributed by atoms with E-state index < -0.39 is 11.4 Å². The molecule has 1 amide bonds. The van der Waals surface area contributed by atoms with Gasteiger partial charge in [-0.1, -0.05) is 35.3 Å². The minimum atomic E-state index is -0.606. The summed E-state index contributed by atoms with van der Waals surface area (Å²) in [5.41, 5.74) is 1.43. The molecule has 4 nitrogen and oxygen atoms in total. The quantitative estimate of drug-likeness (QED) is 0.618. The zero-order chi connectivity index (χ0) is 21.7. The Balaban J connectivity index is 1.71. The Morgan fingerprint density at radius 2 is 1.80 bits per heavy atom. The summed E-state index contributed by atoms with van der Waals surface area (Å²) < 4.78 is 19.0. The summed E-state index contributed by atoms with van der Waals surface area (Å²) in [5, 5.41) is 13.5. The van der Waals surface area contributed by atoms with Gasteiger partial charge >= 0.3 is 0 Å². The number of amides is 1. The fourth-order valence-corrected chi connectivity index (χ4v) is 4.34. The summed E-state index contributed by atoms with van der Waals surface area (Å²) >= 11 is 12.1. The number of halogens is 3. The summed E-state index contributed by atoms with van der Waals surface area (Å²) in [6.45, 7) is 0.597. The molecule has 162 valence electrons. The molecule has 0 saturated heterocycles. The van der Waals surface area contributed by atoms with Gasteiger partial charge in [-0.05, 0) is 72.6 Å². The summed E-state index contributed by atoms with van der Waals surface area (Å²) in [6.07, 6.45) is 3.29. The van der Waals surface area contributed by atoms with Crippen LogP contribution in [0.4, 0.5) is 4.39 Å². The lowest BCUT2D eigenvalue weighted by atomic mass is 9.77. The Morgan fingerprint density at radius 3 is 2.40 bits per heavy atom. The lowest BCUT2D eigenvalue weighted by Crippen LogP contribution is -2.54. The zero-order valence-corrected chi connectivity index (χ0v) is 18.4. The molecule has 0 unspecified atom stereocenters. The van der Waals surface area contributed by atoms with Crippen molar-refractivity contribution in [2.75, 3.05) is 20.3 Å². The van der Waals surface area contributed by atoms with Crippen molar-refractivity contribution in [2.24, 2.45) is 5.92 Å². The normalized spacial score (nSPS) is 21.4. The van der Waals surface area contributed by atoms with Gasteiger partial charge in [0.1, 0.15) is 5.82 Å². The van der Waals surface area contributed by atoms with Gasteiger partial charge in [0.25, 0.3) is 0 Å². The van der Waals surface area contributed by atoms with Crippen molar-refractivity contribution in [1.82, 2.24) is 5.32 Å². The van der Waals surface area contributed by atoms with Gasteiger partial charge in [-0.3, -0.25) is 4.79 Å². The molecule has 2 aromatic carbocycles. The molecule has 2 N–H and O–H groups in total. The van der Waals surface area contributed by atoms with Crippen LogP contribution in [-0.2, 0) is 16.0 Å². The predicted molar refractivity (Wildman–Crippen MR) is 117 cm³/mol. The molecule has 0 aromatic heterocycles. The number of hydrogen-bond donors (Lipinski definition) is 2. The van der Waals surface area contributed by atoms with E-state index in [1.54, 1.807) is 31.4 Å². The van der Waals surface area contributed by atoms with E-state index in [1.807, 2.05) is 0 Å². The van der Waals surface area contributed by atoms with Crippen molar-refractivity contribution in [2.45, 2.75) is 37.6 Å². The van der Waals surface area contributed by atoms with Crippen LogP contribution >= 0.6 is 23.2 Å². The summed E-state index contributed by atoms with van der Waals surface area (Å²) in [4.78, 5) is 12.8. The summed E-state index contributed by atoms with van der Waals surface area (Å²) in [6, 6.07) is 9.83. The number of hydrogen-bond acceptors (Lipinski definition) is 3. The lowest BCUT2D eigenvalue weighted by Gasteiger charge is -2.39. The first-order chi connectivity index (χ1) is 14.4. The Kier molecular flexibility index (Phi) is 7.75. The molecule has 7 heteroatoms. The molecule has 3 rings (SSSR count). The van der Waals surface area contributed by atoms with E-state index in [9.17, 15) is 14.3 Å². The average molecular weight is 454 g/mol. The number of ether oxygens (including phenoxy) is 1. The number of rotatable bonds is 7. The van der Waals surface area contributed by atoms with Gasteiger partial charge < -0.3 is 15.2 Å². The molecule has 0 bridgehead atoms. The van der Waals surface area contributed by atoms with Gasteiger partial charge in [-0.2, -0.15) is 0 Å². The molecule has 2 aromatic rings. The van der Waals surface area contributed by atoms with E-state index in [-0.39, 0.29) is 24.0 Å². The highest BCUT2D eigenvalue weighted by Gasteiger charge is 2.36. The standard InChI is InChI=1S/C23H26Cl2FNO3/c1-30-13-15-6-8-23(14-28,9-7-15)27-22(29)12-18-10-16(2-4-19(18)24)17-3-5-20(25)21(26)11-17/h2-5,10-11,15,28H,6-9,12-14H2,1H3,(H,27,29). The minimum Gasteiger partial charge on any atom is -0.394 e. The Bertz CT molecular complexity index is 898. The van der Waals surface area contributed by atoms with Gasteiger partial charge in [-0.25, -0.2) is 4.39 Å². The molecule has 1 saturated carbocycles. The second-order valence-electron chi connectivity index (χ2n) is 8.00. The average Bonchev–Trinajstić information content (AvgIpc) is 2.73.